The van der Waals surface area contributed by atoms with E-state index in [0.29, 0.717) is 0 Å². The molecule has 0 bridgehead atoms. The van der Waals surface area contributed by atoms with Crippen molar-refractivity contribution in [2.75, 3.05) is 6.54 Å². The number of rotatable bonds is 3. The second-order valence-electron chi connectivity index (χ2n) is 3.36. The van der Waals surface area contributed by atoms with Crippen molar-refractivity contribution < 1.29 is 13.2 Å². The molecule has 0 aliphatic heterocycles. The van der Waals surface area contributed by atoms with E-state index >= 15 is 0 Å². The van der Waals surface area contributed by atoms with Crippen LogP contribution in [-0.2, 0) is 6.54 Å². The standard InChI is InChI=1S/C10H11BrF3N/c1-7-2-8(4-9(11)3-7)5-15-6-10(12,13)14/h2-4,15H,5-6H2,1H3. The molecule has 84 valence electrons. The predicted molar refractivity (Wildman–Crippen MR) is 56.6 cm³/mol. The van der Waals surface area contributed by atoms with Gasteiger partial charge in [-0.2, -0.15) is 13.2 Å². The maximum atomic E-state index is 11.8. The third-order valence-corrected chi connectivity index (χ3v) is 2.21. The van der Waals surface area contributed by atoms with Crippen molar-refractivity contribution in [3.8, 4) is 0 Å². The molecule has 1 N–H and O–H groups in total. The third-order valence-electron chi connectivity index (χ3n) is 1.76. The van der Waals surface area contributed by atoms with E-state index in [0.717, 1.165) is 15.6 Å². The SMILES string of the molecule is Cc1cc(Br)cc(CNCC(F)(F)F)c1. The first-order chi connectivity index (χ1) is 6.87. The van der Waals surface area contributed by atoms with Gasteiger partial charge in [0.15, 0.2) is 0 Å². The van der Waals surface area contributed by atoms with E-state index in [1.165, 1.54) is 0 Å². The second-order valence-corrected chi connectivity index (χ2v) is 4.27. The Morgan fingerprint density at radius 2 is 1.93 bits per heavy atom. The van der Waals surface area contributed by atoms with Crippen LogP contribution in [0.2, 0.25) is 0 Å². The van der Waals surface area contributed by atoms with E-state index < -0.39 is 12.7 Å². The van der Waals surface area contributed by atoms with Gasteiger partial charge in [0.05, 0.1) is 6.54 Å². The third kappa shape index (κ3) is 5.18. The summed E-state index contributed by atoms with van der Waals surface area (Å²) in [6.45, 7) is 1.16. The minimum atomic E-state index is -4.15. The molecule has 0 unspecified atom stereocenters. The Morgan fingerprint density at radius 3 is 2.47 bits per heavy atom. The lowest BCUT2D eigenvalue weighted by atomic mass is 10.1. The zero-order valence-electron chi connectivity index (χ0n) is 8.16. The highest BCUT2D eigenvalue weighted by atomic mass is 79.9. The van der Waals surface area contributed by atoms with Crippen molar-refractivity contribution >= 4 is 15.9 Å². The van der Waals surface area contributed by atoms with Crippen molar-refractivity contribution in [3.63, 3.8) is 0 Å². The average molecular weight is 282 g/mol. The topological polar surface area (TPSA) is 12.0 Å². The van der Waals surface area contributed by atoms with Crippen LogP contribution in [-0.4, -0.2) is 12.7 Å². The van der Waals surface area contributed by atoms with Crippen molar-refractivity contribution in [1.29, 1.82) is 0 Å². The van der Waals surface area contributed by atoms with Crippen LogP contribution in [0.15, 0.2) is 22.7 Å². The maximum absolute atomic E-state index is 11.8. The molecule has 0 radical (unpaired) electrons. The molecule has 5 heteroatoms. The van der Waals surface area contributed by atoms with Gasteiger partial charge in [-0.05, 0) is 30.2 Å². The molecule has 0 aromatic heterocycles. The van der Waals surface area contributed by atoms with Crippen LogP contribution in [0.25, 0.3) is 0 Å². The molecule has 1 nitrogen and oxygen atoms in total. The van der Waals surface area contributed by atoms with Gasteiger partial charge in [0.1, 0.15) is 0 Å². The fourth-order valence-corrected chi connectivity index (χ4v) is 1.92. The molecule has 0 atom stereocenters. The van der Waals surface area contributed by atoms with Gasteiger partial charge in [0.2, 0.25) is 0 Å². The minimum absolute atomic E-state index is 0.222. The Hall–Kier alpha value is -0.550. The lowest BCUT2D eigenvalue weighted by Gasteiger charge is -2.09. The fraction of sp³-hybridized carbons (Fsp3) is 0.400. The number of nitrogens with one attached hydrogen (secondary N) is 1. The van der Waals surface area contributed by atoms with Crippen molar-refractivity contribution in [2.45, 2.75) is 19.6 Å². The van der Waals surface area contributed by atoms with Gasteiger partial charge < -0.3 is 5.32 Å². The first-order valence-corrected chi connectivity index (χ1v) is 5.20. The number of alkyl halides is 3. The highest BCUT2D eigenvalue weighted by molar-refractivity contribution is 9.10. The lowest BCUT2D eigenvalue weighted by Crippen LogP contribution is -2.28. The maximum Gasteiger partial charge on any atom is 0.401 e. The Kier molecular flexibility index (Phi) is 4.16. The summed E-state index contributed by atoms with van der Waals surface area (Å²) in [4.78, 5) is 0. The largest absolute Gasteiger partial charge is 0.401 e. The normalized spacial score (nSPS) is 11.8. The van der Waals surface area contributed by atoms with Crippen LogP contribution >= 0.6 is 15.9 Å². The van der Waals surface area contributed by atoms with E-state index in [1.54, 1.807) is 6.07 Å². The van der Waals surface area contributed by atoms with E-state index in [-0.39, 0.29) is 6.54 Å². The van der Waals surface area contributed by atoms with Crippen LogP contribution < -0.4 is 5.32 Å². The molecule has 1 aromatic carbocycles. The minimum Gasteiger partial charge on any atom is -0.305 e. The zero-order valence-corrected chi connectivity index (χ0v) is 9.74. The number of hydrogen-bond donors (Lipinski definition) is 1. The van der Waals surface area contributed by atoms with Gasteiger partial charge in [-0.25, -0.2) is 0 Å². The van der Waals surface area contributed by atoms with E-state index in [2.05, 4.69) is 21.2 Å². The van der Waals surface area contributed by atoms with Crippen molar-refractivity contribution in [2.24, 2.45) is 0 Å². The molecule has 15 heavy (non-hydrogen) atoms. The van der Waals surface area contributed by atoms with Crippen LogP contribution in [0, 0.1) is 6.92 Å². The highest BCUT2D eigenvalue weighted by Gasteiger charge is 2.25. The summed E-state index contributed by atoms with van der Waals surface area (Å²) in [5, 5.41) is 2.35. The summed E-state index contributed by atoms with van der Waals surface area (Å²) < 4.78 is 36.4. The van der Waals surface area contributed by atoms with E-state index in [1.807, 2.05) is 19.1 Å². The Labute approximate surface area is 94.8 Å². The van der Waals surface area contributed by atoms with Gasteiger partial charge in [-0.3, -0.25) is 0 Å². The molecule has 0 amide bonds. The smallest absolute Gasteiger partial charge is 0.305 e. The first kappa shape index (κ1) is 12.5. The van der Waals surface area contributed by atoms with Gasteiger partial charge in [0.25, 0.3) is 0 Å². The summed E-state index contributed by atoms with van der Waals surface area (Å²) in [6, 6.07) is 5.57. The summed E-state index contributed by atoms with van der Waals surface area (Å²) in [5.74, 6) is 0. The monoisotopic (exact) mass is 281 g/mol. The van der Waals surface area contributed by atoms with Gasteiger partial charge in [0, 0.05) is 11.0 Å². The van der Waals surface area contributed by atoms with Crippen LogP contribution in [0.3, 0.4) is 0 Å². The molecule has 0 fully saturated rings. The highest BCUT2D eigenvalue weighted by Crippen LogP contribution is 2.16. The molecular weight excluding hydrogens is 271 g/mol. The predicted octanol–water partition coefficient (Wildman–Crippen LogP) is 3.41. The summed E-state index contributed by atoms with van der Waals surface area (Å²) in [5.41, 5.74) is 1.86. The zero-order chi connectivity index (χ0) is 11.5. The molecule has 1 aromatic rings. The lowest BCUT2D eigenvalue weighted by molar-refractivity contribution is -0.125. The summed E-state index contributed by atoms with van der Waals surface area (Å²) >= 11 is 3.29. The Bertz CT molecular complexity index is 316. The number of hydrogen-bond acceptors (Lipinski definition) is 1. The molecule has 1 rings (SSSR count). The number of halogens is 4. The van der Waals surface area contributed by atoms with Crippen LogP contribution in [0.1, 0.15) is 11.1 Å². The molecule has 0 saturated carbocycles. The van der Waals surface area contributed by atoms with Crippen LogP contribution in [0.4, 0.5) is 13.2 Å². The van der Waals surface area contributed by atoms with E-state index in [4.69, 9.17) is 0 Å². The molecule has 0 saturated heterocycles. The molecular formula is C10H11BrF3N. The first-order valence-electron chi connectivity index (χ1n) is 4.40. The molecule has 0 aliphatic carbocycles. The fourth-order valence-electron chi connectivity index (χ4n) is 1.26. The Morgan fingerprint density at radius 1 is 1.27 bits per heavy atom. The van der Waals surface area contributed by atoms with Gasteiger partial charge in [-0.15, -0.1) is 0 Å². The molecule has 0 heterocycles. The van der Waals surface area contributed by atoms with Crippen LogP contribution in [0.5, 0.6) is 0 Å². The Balaban J connectivity index is 2.51. The molecule has 0 aliphatic rings. The average Bonchev–Trinajstić information content (AvgIpc) is 1.99. The van der Waals surface area contributed by atoms with Gasteiger partial charge in [-0.1, -0.05) is 22.0 Å². The quantitative estimate of drug-likeness (QED) is 0.895. The number of benzene rings is 1. The summed E-state index contributed by atoms with van der Waals surface area (Å²) in [6.07, 6.45) is -4.15. The van der Waals surface area contributed by atoms with Gasteiger partial charge >= 0.3 is 6.18 Å². The summed E-state index contributed by atoms with van der Waals surface area (Å²) in [7, 11) is 0. The molecule has 0 spiro atoms. The van der Waals surface area contributed by atoms with Crippen molar-refractivity contribution in [3.05, 3.63) is 33.8 Å². The van der Waals surface area contributed by atoms with E-state index in [9.17, 15) is 13.2 Å². The number of aryl methyl sites for hydroxylation is 1. The second kappa shape index (κ2) is 4.99. The van der Waals surface area contributed by atoms with Crippen molar-refractivity contribution in [1.82, 2.24) is 5.32 Å².